The van der Waals surface area contributed by atoms with E-state index in [1.807, 2.05) is 12.1 Å². The molecule has 1 aliphatic carbocycles. The summed E-state index contributed by atoms with van der Waals surface area (Å²) in [5, 5.41) is 0. The van der Waals surface area contributed by atoms with Crippen molar-refractivity contribution in [2.75, 3.05) is 0 Å². The predicted molar refractivity (Wildman–Crippen MR) is 65.1 cm³/mol. The molecule has 1 aliphatic rings. The Balaban J connectivity index is 1.76. The van der Waals surface area contributed by atoms with Gasteiger partial charge in [0.1, 0.15) is 0 Å². The van der Waals surface area contributed by atoms with Crippen LogP contribution in [0.25, 0.3) is 0 Å². The summed E-state index contributed by atoms with van der Waals surface area (Å²) in [6.45, 7) is 0.648. The van der Waals surface area contributed by atoms with Crippen LogP contribution in [0, 0.1) is 0 Å². The van der Waals surface area contributed by atoms with Crippen molar-refractivity contribution in [3.63, 3.8) is 0 Å². The molecule has 1 fully saturated rings. The fourth-order valence-corrected chi connectivity index (χ4v) is 2.04. The normalized spacial score (nSPS) is 16.2. The first kappa shape index (κ1) is 12.1. The van der Waals surface area contributed by atoms with Crippen molar-refractivity contribution in [2.24, 2.45) is 5.73 Å². The second-order valence-corrected chi connectivity index (χ2v) is 4.41. The molecule has 0 heterocycles. The second kappa shape index (κ2) is 5.80. The van der Waals surface area contributed by atoms with E-state index in [0.717, 1.165) is 18.4 Å². The van der Waals surface area contributed by atoms with E-state index in [0.29, 0.717) is 18.2 Å². The molecule has 2 rings (SSSR count). The maximum Gasteiger partial charge on any atom is 0.248 e. The molecule has 0 bridgehead atoms. The first-order valence-electron chi connectivity index (χ1n) is 6.03. The summed E-state index contributed by atoms with van der Waals surface area (Å²) in [4.78, 5) is 16.4. The van der Waals surface area contributed by atoms with Gasteiger partial charge in [-0.15, -0.1) is 0 Å². The summed E-state index contributed by atoms with van der Waals surface area (Å²) in [7, 11) is 0. The van der Waals surface area contributed by atoms with Crippen LogP contribution in [0.5, 0.6) is 0 Å². The third-order valence-electron chi connectivity index (χ3n) is 3.07. The number of primary amides is 1. The summed E-state index contributed by atoms with van der Waals surface area (Å²) in [6, 6.07) is 7.22. The molecule has 1 aromatic rings. The minimum absolute atomic E-state index is 0.361. The predicted octanol–water partition coefficient (Wildman–Crippen LogP) is 1.75. The highest BCUT2D eigenvalue weighted by molar-refractivity contribution is 5.92. The van der Waals surface area contributed by atoms with Gasteiger partial charge in [0.15, 0.2) is 0 Å². The number of benzene rings is 1. The molecule has 1 saturated carbocycles. The Bertz CT molecular complexity index is 370. The number of nitrogens with one attached hydrogen (secondary N) is 1. The van der Waals surface area contributed by atoms with Gasteiger partial charge in [-0.3, -0.25) is 9.63 Å². The molecule has 0 saturated heterocycles. The Morgan fingerprint density at radius 3 is 2.53 bits per heavy atom. The molecule has 3 N–H and O–H groups in total. The van der Waals surface area contributed by atoms with Crippen molar-refractivity contribution in [2.45, 2.75) is 38.3 Å². The Morgan fingerprint density at radius 1 is 1.29 bits per heavy atom. The highest BCUT2D eigenvalue weighted by Crippen LogP contribution is 2.19. The number of hydroxylamine groups is 1. The SMILES string of the molecule is NC(=O)c1ccc(CNOC2CCCC2)cc1. The van der Waals surface area contributed by atoms with E-state index >= 15 is 0 Å². The van der Waals surface area contributed by atoms with Gasteiger partial charge in [0, 0.05) is 12.1 Å². The molecule has 0 atom stereocenters. The maximum absolute atomic E-state index is 10.9. The van der Waals surface area contributed by atoms with Crippen molar-refractivity contribution < 1.29 is 9.63 Å². The lowest BCUT2D eigenvalue weighted by molar-refractivity contribution is -0.0244. The van der Waals surface area contributed by atoms with Crippen molar-refractivity contribution in [3.05, 3.63) is 35.4 Å². The molecule has 92 valence electrons. The number of hydrogen-bond acceptors (Lipinski definition) is 3. The van der Waals surface area contributed by atoms with Gasteiger partial charge in [0.25, 0.3) is 0 Å². The van der Waals surface area contributed by atoms with Gasteiger partial charge in [-0.05, 0) is 30.5 Å². The molecule has 0 unspecified atom stereocenters. The molecule has 0 aliphatic heterocycles. The van der Waals surface area contributed by atoms with Crippen LogP contribution in [0.15, 0.2) is 24.3 Å². The summed E-state index contributed by atoms with van der Waals surface area (Å²) < 4.78 is 0. The van der Waals surface area contributed by atoms with E-state index in [2.05, 4.69) is 5.48 Å². The average Bonchev–Trinajstić information content (AvgIpc) is 2.83. The van der Waals surface area contributed by atoms with E-state index in [1.54, 1.807) is 12.1 Å². The van der Waals surface area contributed by atoms with Crippen LogP contribution in [-0.4, -0.2) is 12.0 Å². The molecule has 17 heavy (non-hydrogen) atoms. The highest BCUT2D eigenvalue weighted by atomic mass is 16.7. The van der Waals surface area contributed by atoms with E-state index < -0.39 is 5.91 Å². The van der Waals surface area contributed by atoms with Crippen molar-refractivity contribution in [1.82, 2.24) is 5.48 Å². The zero-order valence-corrected chi connectivity index (χ0v) is 9.82. The molecule has 0 aromatic heterocycles. The first-order valence-corrected chi connectivity index (χ1v) is 6.03. The zero-order chi connectivity index (χ0) is 12.1. The summed E-state index contributed by atoms with van der Waals surface area (Å²) >= 11 is 0. The number of hydrogen-bond donors (Lipinski definition) is 2. The molecular weight excluding hydrogens is 216 g/mol. The van der Waals surface area contributed by atoms with Gasteiger partial charge in [0.05, 0.1) is 6.10 Å². The monoisotopic (exact) mass is 234 g/mol. The Hall–Kier alpha value is -1.39. The van der Waals surface area contributed by atoms with Crippen molar-refractivity contribution in [1.29, 1.82) is 0 Å². The van der Waals surface area contributed by atoms with Crippen LogP contribution in [0.4, 0.5) is 0 Å². The van der Waals surface area contributed by atoms with Gasteiger partial charge in [-0.25, -0.2) is 0 Å². The van der Waals surface area contributed by atoms with E-state index in [-0.39, 0.29) is 0 Å². The lowest BCUT2D eigenvalue weighted by Gasteiger charge is -2.11. The van der Waals surface area contributed by atoms with Gasteiger partial charge < -0.3 is 5.73 Å². The molecule has 4 nitrogen and oxygen atoms in total. The van der Waals surface area contributed by atoms with Gasteiger partial charge in [-0.1, -0.05) is 25.0 Å². The molecule has 0 radical (unpaired) electrons. The van der Waals surface area contributed by atoms with Crippen molar-refractivity contribution >= 4 is 5.91 Å². The van der Waals surface area contributed by atoms with Crippen LogP contribution < -0.4 is 11.2 Å². The van der Waals surface area contributed by atoms with Gasteiger partial charge in [-0.2, -0.15) is 5.48 Å². The van der Waals surface area contributed by atoms with E-state index in [4.69, 9.17) is 10.6 Å². The van der Waals surface area contributed by atoms with Crippen LogP contribution in [0.2, 0.25) is 0 Å². The Labute approximate surface area is 101 Å². The first-order chi connectivity index (χ1) is 8.25. The van der Waals surface area contributed by atoms with Gasteiger partial charge >= 0.3 is 0 Å². The minimum atomic E-state index is -0.397. The quantitative estimate of drug-likeness (QED) is 0.763. The minimum Gasteiger partial charge on any atom is -0.366 e. The van der Waals surface area contributed by atoms with Crippen molar-refractivity contribution in [3.8, 4) is 0 Å². The lowest BCUT2D eigenvalue weighted by Crippen LogP contribution is -2.21. The number of amides is 1. The largest absolute Gasteiger partial charge is 0.366 e. The number of carbonyl (C=O) groups is 1. The molecule has 0 spiro atoms. The average molecular weight is 234 g/mol. The van der Waals surface area contributed by atoms with Crippen LogP contribution >= 0.6 is 0 Å². The molecule has 1 aromatic carbocycles. The molecule has 1 amide bonds. The van der Waals surface area contributed by atoms with Crippen LogP contribution in [0.3, 0.4) is 0 Å². The third-order valence-corrected chi connectivity index (χ3v) is 3.07. The Kier molecular flexibility index (Phi) is 4.12. The lowest BCUT2D eigenvalue weighted by atomic mass is 10.1. The van der Waals surface area contributed by atoms with Crippen LogP contribution in [-0.2, 0) is 11.4 Å². The van der Waals surface area contributed by atoms with Gasteiger partial charge in [0.2, 0.25) is 5.91 Å². The van der Waals surface area contributed by atoms with E-state index in [9.17, 15) is 4.79 Å². The smallest absolute Gasteiger partial charge is 0.248 e. The van der Waals surface area contributed by atoms with E-state index in [1.165, 1.54) is 12.8 Å². The number of carbonyl (C=O) groups excluding carboxylic acids is 1. The number of nitrogens with two attached hydrogens (primary N) is 1. The zero-order valence-electron chi connectivity index (χ0n) is 9.82. The number of rotatable bonds is 5. The topological polar surface area (TPSA) is 64.4 Å². The van der Waals surface area contributed by atoms with Crippen LogP contribution in [0.1, 0.15) is 41.6 Å². The standard InChI is InChI=1S/C13H18N2O2/c14-13(16)11-7-5-10(6-8-11)9-15-17-12-3-1-2-4-12/h5-8,12,15H,1-4,9H2,(H2,14,16). The summed E-state index contributed by atoms with van der Waals surface area (Å²) in [5.74, 6) is -0.397. The maximum atomic E-state index is 10.9. The fourth-order valence-electron chi connectivity index (χ4n) is 2.04. The highest BCUT2D eigenvalue weighted by Gasteiger charge is 2.15. The Morgan fingerprint density at radius 2 is 1.94 bits per heavy atom. The molecule has 4 heteroatoms. The third kappa shape index (κ3) is 3.54. The fraction of sp³-hybridized carbons (Fsp3) is 0.462. The second-order valence-electron chi connectivity index (χ2n) is 4.41. The summed E-state index contributed by atoms with van der Waals surface area (Å²) in [5.41, 5.74) is 9.75. The molecular formula is C13H18N2O2. The summed E-state index contributed by atoms with van der Waals surface area (Å²) in [6.07, 6.45) is 5.18.